The minimum Gasteiger partial charge on any atom is -0.486 e. The normalized spacial score (nSPS) is 15.2. The van der Waals surface area contributed by atoms with Crippen molar-refractivity contribution in [3.05, 3.63) is 23.3 Å². The fourth-order valence-corrected chi connectivity index (χ4v) is 2.12. The lowest BCUT2D eigenvalue weighted by Gasteiger charge is -2.22. The fourth-order valence-electron chi connectivity index (χ4n) is 2.12. The first kappa shape index (κ1) is 12.7. The Morgan fingerprint density at radius 1 is 1.33 bits per heavy atom. The Balaban J connectivity index is 2.39. The summed E-state index contributed by atoms with van der Waals surface area (Å²) in [6, 6.07) is 3.50. The van der Waals surface area contributed by atoms with Crippen molar-refractivity contribution >= 4 is 5.97 Å². The molecule has 2 rings (SSSR count). The predicted octanol–water partition coefficient (Wildman–Crippen LogP) is 1.32. The summed E-state index contributed by atoms with van der Waals surface area (Å²) in [6.07, 6.45) is 0.190. The SMILES string of the molecule is Cc1cc2c(cc1C(CCO)C(=O)O)OCCO2. The number of aliphatic carboxylic acids is 1. The molecule has 1 atom stereocenters. The molecule has 1 heterocycles. The lowest BCUT2D eigenvalue weighted by atomic mass is 9.92. The van der Waals surface area contributed by atoms with Gasteiger partial charge in [0.2, 0.25) is 0 Å². The third kappa shape index (κ3) is 2.41. The summed E-state index contributed by atoms with van der Waals surface area (Å²) >= 11 is 0. The van der Waals surface area contributed by atoms with Gasteiger partial charge in [0.15, 0.2) is 11.5 Å². The molecular weight excluding hydrogens is 236 g/mol. The summed E-state index contributed by atoms with van der Waals surface area (Å²) in [6.45, 7) is 2.64. The van der Waals surface area contributed by atoms with Crippen LogP contribution in [0.15, 0.2) is 12.1 Å². The van der Waals surface area contributed by atoms with E-state index in [1.807, 2.05) is 6.92 Å². The average molecular weight is 252 g/mol. The summed E-state index contributed by atoms with van der Waals surface area (Å²) < 4.78 is 10.9. The maximum absolute atomic E-state index is 11.2. The molecule has 0 radical (unpaired) electrons. The van der Waals surface area contributed by atoms with Crippen LogP contribution in [-0.4, -0.2) is 36.0 Å². The summed E-state index contributed by atoms with van der Waals surface area (Å²) in [5.74, 6) is -0.434. The number of carboxylic acid groups (broad SMARTS) is 1. The second-order valence-corrected chi connectivity index (χ2v) is 4.26. The number of ether oxygens (including phenoxy) is 2. The molecule has 0 aromatic heterocycles. The van der Waals surface area contributed by atoms with Crippen LogP contribution in [0.3, 0.4) is 0 Å². The molecule has 1 aromatic carbocycles. The maximum Gasteiger partial charge on any atom is 0.311 e. The van der Waals surface area contributed by atoms with Gasteiger partial charge in [-0.2, -0.15) is 0 Å². The van der Waals surface area contributed by atoms with Gasteiger partial charge in [-0.25, -0.2) is 0 Å². The van der Waals surface area contributed by atoms with Crippen molar-refractivity contribution in [1.29, 1.82) is 0 Å². The number of rotatable bonds is 4. The van der Waals surface area contributed by atoms with E-state index in [4.69, 9.17) is 14.6 Å². The molecule has 0 fully saturated rings. The van der Waals surface area contributed by atoms with Crippen molar-refractivity contribution in [2.45, 2.75) is 19.3 Å². The van der Waals surface area contributed by atoms with Crippen molar-refractivity contribution < 1.29 is 24.5 Å². The minimum absolute atomic E-state index is 0.162. The zero-order chi connectivity index (χ0) is 13.1. The van der Waals surface area contributed by atoms with Gasteiger partial charge in [-0.1, -0.05) is 0 Å². The monoisotopic (exact) mass is 252 g/mol. The number of benzene rings is 1. The molecule has 0 bridgehead atoms. The number of aryl methyl sites for hydroxylation is 1. The second kappa shape index (κ2) is 5.27. The summed E-state index contributed by atoms with van der Waals surface area (Å²) in [7, 11) is 0. The van der Waals surface area contributed by atoms with Crippen molar-refractivity contribution in [3.63, 3.8) is 0 Å². The van der Waals surface area contributed by atoms with Crippen LogP contribution in [-0.2, 0) is 4.79 Å². The predicted molar refractivity (Wildman–Crippen MR) is 64.2 cm³/mol. The van der Waals surface area contributed by atoms with Crippen molar-refractivity contribution in [1.82, 2.24) is 0 Å². The standard InChI is InChI=1S/C13H16O5/c1-8-6-11-12(18-5-4-17-11)7-10(8)9(2-3-14)13(15)16/h6-7,9,14H,2-5H2,1H3,(H,15,16). The van der Waals surface area contributed by atoms with E-state index in [0.717, 1.165) is 5.56 Å². The van der Waals surface area contributed by atoms with E-state index in [1.54, 1.807) is 12.1 Å². The molecule has 18 heavy (non-hydrogen) atoms. The lowest BCUT2D eigenvalue weighted by molar-refractivity contribution is -0.139. The highest BCUT2D eigenvalue weighted by molar-refractivity contribution is 5.77. The molecule has 1 unspecified atom stereocenters. The molecule has 5 heteroatoms. The Kier molecular flexibility index (Phi) is 3.72. The van der Waals surface area contributed by atoms with Gasteiger partial charge in [0.05, 0.1) is 5.92 Å². The third-order valence-corrected chi connectivity index (χ3v) is 3.02. The Labute approximate surface area is 105 Å². The lowest BCUT2D eigenvalue weighted by Crippen LogP contribution is -2.18. The van der Waals surface area contributed by atoms with E-state index in [0.29, 0.717) is 30.3 Å². The largest absolute Gasteiger partial charge is 0.486 e. The van der Waals surface area contributed by atoms with E-state index in [2.05, 4.69) is 0 Å². The van der Waals surface area contributed by atoms with Crippen LogP contribution < -0.4 is 9.47 Å². The summed E-state index contributed by atoms with van der Waals surface area (Å²) in [5, 5.41) is 18.2. The first-order valence-corrected chi connectivity index (χ1v) is 5.87. The van der Waals surface area contributed by atoms with Crippen LogP contribution >= 0.6 is 0 Å². The van der Waals surface area contributed by atoms with Gasteiger partial charge in [-0.3, -0.25) is 4.79 Å². The number of carbonyl (C=O) groups is 1. The van der Waals surface area contributed by atoms with E-state index < -0.39 is 11.9 Å². The molecule has 1 aliphatic rings. The smallest absolute Gasteiger partial charge is 0.311 e. The fraction of sp³-hybridized carbons (Fsp3) is 0.462. The molecule has 0 saturated heterocycles. The molecule has 0 amide bonds. The minimum atomic E-state index is -0.941. The quantitative estimate of drug-likeness (QED) is 0.845. The molecule has 98 valence electrons. The van der Waals surface area contributed by atoms with E-state index in [1.165, 1.54) is 0 Å². The first-order chi connectivity index (χ1) is 8.63. The third-order valence-electron chi connectivity index (χ3n) is 3.02. The molecular formula is C13H16O5. The number of aliphatic hydroxyl groups excluding tert-OH is 1. The van der Waals surface area contributed by atoms with Gasteiger partial charge in [0, 0.05) is 6.61 Å². The van der Waals surface area contributed by atoms with Crippen LogP contribution in [0.2, 0.25) is 0 Å². The van der Waals surface area contributed by atoms with Gasteiger partial charge in [-0.05, 0) is 36.6 Å². The van der Waals surface area contributed by atoms with Gasteiger partial charge >= 0.3 is 5.97 Å². The van der Waals surface area contributed by atoms with Gasteiger partial charge in [0.25, 0.3) is 0 Å². The van der Waals surface area contributed by atoms with Crippen LogP contribution in [0.5, 0.6) is 11.5 Å². The van der Waals surface area contributed by atoms with Crippen LogP contribution in [0.25, 0.3) is 0 Å². The number of aliphatic hydroxyl groups is 1. The molecule has 0 spiro atoms. The number of fused-ring (bicyclic) bond motifs is 1. The van der Waals surface area contributed by atoms with E-state index >= 15 is 0 Å². The molecule has 0 saturated carbocycles. The topological polar surface area (TPSA) is 76.0 Å². The molecule has 0 aliphatic carbocycles. The number of hydrogen-bond acceptors (Lipinski definition) is 4. The van der Waals surface area contributed by atoms with Crippen LogP contribution in [0, 0.1) is 6.92 Å². The van der Waals surface area contributed by atoms with Crippen molar-refractivity contribution in [2.75, 3.05) is 19.8 Å². The Morgan fingerprint density at radius 3 is 2.50 bits per heavy atom. The van der Waals surface area contributed by atoms with Crippen LogP contribution in [0.4, 0.5) is 0 Å². The highest BCUT2D eigenvalue weighted by Crippen LogP contribution is 2.36. The van der Waals surface area contributed by atoms with Gasteiger partial charge < -0.3 is 19.7 Å². The number of carboxylic acids is 1. The molecule has 2 N–H and O–H groups in total. The Morgan fingerprint density at radius 2 is 1.94 bits per heavy atom. The molecule has 1 aromatic rings. The van der Waals surface area contributed by atoms with Gasteiger partial charge in [-0.15, -0.1) is 0 Å². The second-order valence-electron chi connectivity index (χ2n) is 4.26. The highest BCUT2D eigenvalue weighted by Gasteiger charge is 2.24. The first-order valence-electron chi connectivity index (χ1n) is 5.87. The maximum atomic E-state index is 11.2. The van der Waals surface area contributed by atoms with Crippen molar-refractivity contribution in [3.8, 4) is 11.5 Å². The zero-order valence-corrected chi connectivity index (χ0v) is 10.2. The average Bonchev–Trinajstić information content (AvgIpc) is 2.35. The van der Waals surface area contributed by atoms with Crippen molar-refractivity contribution in [2.24, 2.45) is 0 Å². The Bertz CT molecular complexity index is 455. The number of hydrogen-bond donors (Lipinski definition) is 2. The van der Waals surface area contributed by atoms with E-state index in [9.17, 15) is 9.90 Å². The Hall–Kier alpha value is -1.75. The highest BCUT2D eigenvalue weighted by atomic mass is 16.6. The zero-order valence-electron chi connectivity index (χ0n) is 10.2. The van der Waals surface area contributed by atoms with E-state index in [-0.39, 0.29) is 13.0 Å². The molecule has 5 nitrogen and oxygen atoms in total. The van der Waals surface area contributed by atoms with Crippen LogP contribution in [0.1, 0.15) is 23.5 Å². The summed E-state index contributed by atoms with van der Waals surface area (Å²) in [5.41, 5.74) is 1.50. The summed E-state index contributed by atoms with van der Waals surface area (Å²) in [4.78, 5) is 11.2. The molecule has 1 aliphatic heterocycles. The van der Waals surface area contributed by atoms with Gasteiger partial charge in [0.1, 0.15) is 13.2 Å².